The molecule has 0 spiro atoms. The summed E-state index contributed by atoms with van der Waals surface area (Å²) in [6.07, 6.45) is -1.53. The quantitative estimate of drug-likeness (QED) is 0.318. The number of nitrogens with two attached hydrogens (primary N) is 1. The van der Waals surface area contributed by atoms with Crippen LogP contribution < -0.4 is 5.73 Å². The lowest BCUT2D eigenvalue weighted by molar-refractivity contribution is -0.168. The van der Waals surface area contributed by atoms with Crippen LogP contribution in [0.25, 0.3) is 5.76 Å². The second kappa shape index (κ2) is 6.64. The van der Waals surface area contributed by atoms with Gasteiger partial charge in [-0.15, -0.1) is 0 Å². The highest BCUT2D eigenvalue weighted by molar-refractivity contribution is 6.24. The van der Waals surface area contributed by atoms with Crippen molar-refractivity contribution >= 4 is 23.2 Å². The van der Waals surface area contributed by atoms with Crippen LogP contribution in [0.2, 0.25) is 0 Å². The maximum absolute atomic E-state index is 13.5. The van der Waals surface area contributed by atoms with Crippen LogP contribution in [0.5, 0.6) is 5.75 Å². The number of carbonyl (C=O) groups is 3. The van der Waals surface area contributed by atoms with E-state index in [0.29, 0.717) is 5.56 Å². The van der Waals surface area contributed by atoms with E-state index in [4.69, 9.17) is 5.73 Å². The first-order valence-corrected chi connectivity index (χ1v) is 9.58. The Labute approximate surface area is 176 Å². The molecule has 4 rings (SSSR count). The van der Waals surface area contributed by atoms with Gasteiger partial charge in [0, 0.05) is 11.5 Å². The molecule has 3 aliphatic rings. The lowest BCUT2D eigenvalue weighted by atomic mass is 9.56. The molecule has 1 amide bonds. The lowest BCUT2D eigenvalue weighted by Gasteiger charge is -2.52. The summed E-state index contributed by atoms with van der Waals surface area (Å²) < 4.78 is 0. The minimum absolute atomic E-state index is 0.0222. The van der Waals surface area contributed by atoms with Crippen molar-refractivity contribution in [1.82, 2.24) is 4.90 Å². The van der Waals surface area contributed by atoms with Gasteiger partial charge in [-0.3, -0.25) is 19.3 Å². The molecule has 1 saturated carbocycles. The van der Waals surface area contributed by atoms with Gasteiger partial charge in [0.15, 0.2) is 11.4 Å². The summed E-state index contributed by atoms with van der Waals surface area (Å²) in [6.45, 7) is 0. The minimum atomic E-state index is -2.88. The van der Waals surface area contributed by atoms with Crippen LogP contribution >= 0.6 is 0 Å². The molecular weight excluding hydrogens is 408 g/mol. The average molecular weight is 430 g/mol. The fraction of sp³-hybridized carbons (Fsp3) is 0.381. The summed E-state index contributed by atoms with van der Waals surface area (Å²) in [7, 11) is 2.91. The molecule has 0 saturated heterocycles. The van der Waals surface area contributed by atoms with Gasteiger partial charge in [0.2, 0.25) is 5.78 Å². The summed E-state index contributed by atoms with van der Waals surface area (Å²) >= 11 is 0. The molecule has 0 unspecified atom stereocenters. The number of aliphatic hydroxyl groups excluding tert-OH is 3. The van der Waals surface area contributed by atoms with Gasteiger partial charge >= 0.3 is 0 Å². The number of hydrogen-bond acceptors (Lipinski definition) is 9. The molecule has 5 atom stereocenters. The molecule has 0 heterocycles. The number of rotatable bonds is 2. The fourth-order valence-electron chi connectivity index (χ4n) is 5.19. The number of likely N-dealkylation sites (N-methyl/N-ethyl adjacent to an activating group) is 1. The number of phenolic OH excluding ortho intramolecular Hbond substituents is 1. The average Bonchev–Trinajstić information content (AvgIpc) is 2.67. The number of carbonyl (C=O) groups excluding carboxylic acids is 3. The van der Waals surface area contributed by atoms with Gasteiger partial charge in [-0.05, 0) is 32.1 Å². The fourth-order valence-corrected chi connectivity index (χ4v) is 5.19. The van der Waals surface area contributed by atoms with Gasteiger partial charge in [0.05, 0.1) is 23.6 Å². The van der Waals surface area contributed by atoms with Crippen molar-refractivity contribution in [2.24, 2.45) is 17.6 Å². The first-order valence-electron chi connectivity index (χ1n) is 9.58. The Morgan fingerprint density at radius 3 is 2.42 bits per heavy atom. The number of Topliss-reactive ketones (excluding diaryl/α,β-unsaturated/α-hetero) is 2. The number of aromatic hydroxyl groups is 1. The van der Waals surface area contributed by atoms with Crippen LogP contribution in [0.3, 0.4) is 0 Å². The standard InChI is InChI=1S/C21H22N2O8/c1-23(2)14-13-15(25)8-6-7-4-3-5-9(24)10(7)16(26)11(8)18(28)21(13,31)19(29)12(17(14)27)20(22)30/h3-5,8,13-15,24-26,29,31H,6H2,1-2H3,(H2,22,30)/t8-,13-,14+,15+,21+/m1/s1. The Bertz CT molecular complexity index is 1100. The number of hydrogen-bond donors (Lipinski definition) is 6. The maximum Gasteiger partial charge on any atom is 0.255 e. The highest BCUT2D eigenvalue weighted by Gasteiger charge is 2.67. The Kier molecular flexibility index (Phi) is 4.51. The molecule has 1 aromatic rings. The molecule has 3 aliphatic carbocycles. The zero-order valence-corrected chi connectivity index (χ0v) is 16.7. The second-order valence-electron chi connectivity index (χ2n) is 8.36. The second-order valence-corrected chi connectivity index (χ2v) is 8.36. The monoisotopic (exact) mass is 430 g/mol. The number of amides is 1. The minimum Gasteiger partial charge on any atom is -0.508 e. The zero-order chi connectivity index (χ0) is 23.0. The van der Waals surface area contributed by atoms with Gasteiger partial charge in [-0.25, -0.2) is 0 Å². The molecule has 0 aliphatic heterocycles. The van der Waals surface area contributed by atoms with Crippen LogP contribution in [0.4, 0.5) is 0 Å². The van der Waals surface area contributed by atoms with E-state index in [1.807, 2.05) is 0 Å². The van der Waals surface area contributed by atoms with E-state index >= 15 is 0 Å². The molecule has 164 valence electrons. The molecule has 0 bridgehead atoms. The van der Waals surface area contributed by atoms with E-state index in [2.05, 4.69) is 0 Å². The van der Waals surface area contributed by atoms with Crippen LogP contribution in [-0.4, -0.2) is 79.7 Å². The lowest BCUT2D eigenvalue weighted by Crippen LogP contribution is -2.70. The molecule has 1 fully saturated rings. The van der Waals surface area contributed by atoms with Crippen LogP contribution in [-0.2, 0) is 20.8 Å². The topological polar surface area (TPSA) is 182 Å². The predicted octanol–water partition coefficient (Wildman–Crippen LogP) is -1.07. The number of primary amides is 1. The summed E-state index contributed by atoms with van der Waals surface area (Å²) in [5.41, 5.74) is 1.46. The largest absolute Gasteiger partial charge is 0.508 e. The SMILES string of the molecule is CN(C)[C@@H]1C(=O)C(C(N)=O)=C(O)[C@@]2(O)C(=O)C3=C(O)c4c(O)cccc4C[C@H]3[C@H](O)[C@@H]12. The molecule has 0 radical (unpaired) electrons. The van der Waals surface area contributed by atoms with E-state index in [9.17, 15) is 39.9 Å². The Morgan fingerprint density at radius 1 is 1.19 bits per heavy atom. The zero-order valence-electron chi connectivity index (χ0n) is 16.7. The molecule has 10 heteroatoms. The Hall–Kier alpha value is -3.21. The number of aliphatic hydroxyl groups is 4. The van der Waals surface area contributed by atoms with E-state index in [0.717, 1.165) is 0 Å². The first kappa shape index (κ1) is 21.0. The molecular formula is C21H22N2O8. The van der Waals surface area contributed by atoms with Crippen LogP contribution in [0.15, 0.2) is 35.1 Å². The van der Waals surface area contributed by atoms with Crippen molar-refractivity contribution in [2.45, 2.75) is 24.2 Å². The number of phenols is 1. The predicted molar refractivity (Wildman–Crippen MR) is 106 cm³/mol. The maximum atomic E-state index is 13.5. The van der Waals surface area contributed by atoms with Crippen LogP contribution in [0.1, 0.15) is 11.1 Å². The first-order chi connectivity index (χ1) is 14.4. The van der Waals surface area contributed by atoms with Gasteiger partial charge in [0.1, 0.15) is 22.8 Å². The van der Waals surface area contributed by atoms with E-state index < -0.39 is 69.7 Å². The van der Waals surface area contributed by atoms with Gasteiger partial charge in [-0.2, -0.15) is 0 Å². The number of benzene rings is 1. The van der Waals surface area contributed by atoms with Crippen molar-refractivity contribution in [2.75, 3.05) is 14.1 Å². The third kappa shape index (κ3) is 2.52. The number of fused-ring (bicyclic) bond motifs is 3. The van der Waals surface area contributed by atoms with Crippen molar-refractivity contribution in [3.63, 3.8) is 0 Å². The summed E-state index contributed by atoms with van der Waals surface area (Å²) in [4.78, 5) is 39.7. The molecule has 7 N–H and O–H groups in total. The molecule has 31 heavy (non-hydrogen) atoms. The highest BCUT2D eigenvalue weighted by atomic mass is 16.4. The normalized spacial score (nSPS) is 32.7. The number of ketones is 2. The molecule has 0 aromatic heterocycles. The van der Waals surface area contributed by atoms with Crippen molar-refractivity contribution in [3.8, 4) is 5.75 Å². The summed E-state index contributed by atoms with van der Waals surface area (Å²) in [5.74, 6) is -8.20. The smallest absolute Gasteiger partial charge is 0.255 e. The summed E-state index contributed by atoms with van der Waals surface area (Å²) in [6, 6.07) is 3.11. The third-order valence-corrected chi connectivity index (χ3v) is 6.54. The Morgan fingerprint density at radius 2 is 1.84 bits per heavy atom. The Balaban J connectivity index is 2.03. The van der Waals surface area contributed by atoms with Gasteiger partial charge in [-0.1, -0.05) is 12.1 Å². The van der Waals surface area contributed by atoms with E-state index in [-0.39, 0.29) is 17.7 Å². The van der Waals surface area contributed by atoms with Gasteiger partial charge in [0.25, 0.3) is 5.91 Å². The molecule has 1 aromatic carbocycles. The summed E-state index contributed by atoms with van der Waals surface area (Å²) in [5, 5.41) is 54.3. The highest BCUT2D eigenvalue weighted by Crippen LogP contribution is 2.52. The van der Waals surface area contributed by atoms with Crippen molar-refractivity contribution in [3.05, 3.63) is 46.2 Å². The molecule has 10 nitrogen and oxygen atoms in total. The third-order valence-electron chi connectivity index (χ3n) is 6.54. The van der Waals surface area contributed by atoms with Crippen LogP contribution in [0, 0.1) is 11.8 Å². The van der Waals surface area contributed by atoms with Crippen molar-refractivity contribution in [1.29, 1.82) is 0 Å². The van der Waals surface area contributed by atoms with E-state index in [1.54, 1.807) is 12.1 Å². The number of nitrogens with zero attached hydrogens (tertiary/aromatic N) is 1. The van der Waals surface area contributed by atoms with Gasteiger partial charge < -0.3 is 31.3 Å². The van der Waals surface area contributed by atoms with E-state index in [1.165, 1.54) is 25.1 Å². The van der Waals surface area contributed by atoms with Crippen molar-refractivity contribution < 1.29 is 39.9 Å².